The number of hydrogen-bond donors (Lipinski definition) is 0. The van der Waals surface area contributed by atoms with Gasteiger partial charge in [0.15, 0.2) is 0 Å². The number of nitrogens with zero attached hydrogens (tertiary/aromatic N) is 2. The van der Waals surface area contributed by atoms with E-state index in [-0.39, 0.29) is 5.78 Å². The van der Waals surface area contributed by atoms with Gasteiger partial charge in [-0.05, 0) is 30.1 Å². The lowest BCUT2D eigenvalue weighted by atomic mass is 10.0. The van der Waals surface area contributed by atoms with Gasteiger partial charge in [0, 0.05) is 0 Å². The smallest absolute Gasteiger partial charge is 0.213 e. The summed E-state index contributed by atoms with van der Waals surface area (Å²) < 4.78 is 14.4. The van der Waals surface area contributed by atoms with Crippen molar-refractivity contribution in [2.24, 2.45) is 0 Å². The zero-order chi connectivity index (χ0) is 14.5. The number of benzene rings is 1. The monoisotopic (exact) mass is 292 g/mol. The molecule has 0 aliphatic rings. The van der Waals surface area contributed by atoms with Crippen LogP contribution in [0, 0.1) is 0 Å². The highest BCUT2D eigenvalue weighted by Gasteiger charge is 2.24. The summed E-state index contributed by atoms with van der Waals surface area (Å²) in [4.78, 5) is 13.3. The van der Waals surface area contributed by atoms with Gasteiger partial charge in [-0.1, -0.05) is 23.9 Å². The topological polar surface area (TPSA) is 61.3 Å². The van der Waals surface area contributed by atoms with Crippen LogP contribution in [0.1, 0.15) is 34.3 Å². The third kappa shape index (κ3) is 2.65. The van der Waals surface area contributed by atoms with Crippen LogP contribution in [-0.2, 0) is 6.42 Å². The molecule has 1 aromatic carbocycles. The van der Waals surface area contributed by atoms with Crippen molar-refractivity contribution >= 4 is 17.3 Å². The first-order valence-corrected chi connectivity index (χ1v) is 7.07. The molecule has 0 atom stereocenters. The molecule has 0 amide bonds. The fourth-order valence-corrected chi connectivity index (χ4v) is 2.62. The first-order chi connectivity index (χ1) is 9.72. The quantitative estimate of drug-likeness (QED) is 0.766. The Morgan fingerprint density at radius 2 is 1.90 bits per heavy atom. The molecule has 1 aromatic heterocycles. The van der Waals surface area contributed by atoms with Gasteiger partial charge in [-0.25, -0.2) is 0 Å². The van der Waals surface area contributed by atoms with Crippen LogP contribution in [0.2, 0.25) is 0 Å². The van der Waals surface area contributed by atoms with Crippen LogP contribution in [0.4, 0.5) is 0 Å². The lowest BCUT2D eigenvalue weighted by Gasteiger charge is -2.11. The van der Waals surface area contributed by atoms with Crippen LogP contribution in [-0.4, -0.2) is 29.6 Å². The van der Waals surface area contributed by atoms with Gasteiger partial charge in [-0.15, -0.1) is 5.10 Å². The van der Waals surface area contributed by atoms with Crippen molar-refractivity contribution in [3.8, 4) is 11.5 Å². The summed E-state index contributed by atoms with van der Waals surface area (Å²) in [6.07, 6.45) is 1.64. The zero-order valence-corrected chi connectivity index (χ0v) is 12.5. The van der Waals surface area contributed by atoms with Gasteiger partial charge < -0.3 is 9.47 Å². The van der Waals surface area contributed by atoms with E-state index in [9.17, 15) is 4.79 Å². The summed E-state index contributed by atoms with van der Waals surface area (Å²) in [6.45, 7) is 2.04. The van der Waals surface area contributed by atoms with Gasteiger partial charge in [0.2, 0.25) is 5.78 Å². The number of hydrogen-bond acceptors (Lipinski definition) is 6. The number of aryl methyl sites for hydroxylation is 1. The van der Waals surface area contributed by atoms with Gasteiger partial charge in [-0.2, -0.15) is 0 Å². The Balaban J connectivity index is 2.50. The Labute approximate surface area is 121 Å². The molecule has 0 radical (unpaired) electrons. The average Bonchev–Trinajstić information content (AvgIpc) is 2.94. The first-order valence-electron chi connectivity index (χ1n) is 6.29. The molecule has 0 bridgehead atoms. The van der Waals surface area contributed by atoms with Crippen LogP contribution in [0.3, 0.4) is 0 Å². The second-order valence-corrected chi connectivity index (χ2v) is 4.92. The van der Waals surface area contributed by atoms with Crippen molar-refractivity contribution in [3.05, 3.63) is 34.3 Å². The molecule has 2 rings (SSSR count). The molecule has 5 nitrogen and oxygen atoms in total. The summed E-state index contributed by atoms with van der Waals surface area (Å²) in [6, 6.07) is 5.26. The third-order valence-corrected chi connectivity index (χ3v) is 3.67. The number of rotatable bonds is 6. The summed E-state index contributed by atoms with van der Waals surface area (Å²) in [5.41, 5.74) is 1.15. The fraction of sp³-hybridized carbons (Fsp3) is 0.357. The second kappa shape index (κ2) is 6.47. The van der Waals surface area contributed by atoms with E-state index in [0.29, 0.717) is 21.9 Å². The SMILES string of the molecule is CCCc1nnsc1C(=O)c1c(OC)cccc1OC. The molecule has 0 N–H and O–H groups in total. The van der Waals surface area contributed by atoms with Crippen molar-refractivity contribution < 1.29 is 14.3 Å². The highest BCUT2D eigenvalue weighted by Crippen LogP contribution is 2.32. The van der Waals surface area contributed by atoms with Gasteiger partial charge in [0.1, 0.15) is 21.9 Å². The summed E-state index contributed by atoms with van der Waals surface area (Å²) in [5.74, 6) is 0.827. The van der Waals surface area contributed by atoms with E-state index in [1.165, 1.54) is 14.2 Å². The molecule has 20 heavy (non-hydrogen) atoms. The van der Waals surface area contributed by atoms with Crippen molar-refractivity contribution in [2.75, 3.05) is 14.2 Å². The van der Waals surface area contributed by atoms with E-state index in [1.807, 2.05) is 6.92 Å². The van der Waals surface area contributed by atoms with Gasteiger partial charge in [0.05, 0.1) is 19.9 Å². The maximum atomic E-state index is 12.7. The largest absolute Gasteiger partial charge is 0.496 e. The highest BCUT2D eigenvalue weighted by atomic mass is 32.1. The maximum Gasteiger partial charge on any atom is 0.213 e. The Hall–Kier alpha value is -1.95. The minimum absolute atomic E-state index is 0.155. The van der Waals surface area contributed by atoms with E-state index >= 15 is 0 Å². The van der Waals surface area contributed by atoms with Crippen molar-refractivity contribution in [1.82, 2.24) is 9.59 Å². The predicted molar refractivity (Wildman–Crippen MR) is 76.9 cm³/mol. The van der Waals surface area contributed by atoms with Crippen LogP contribution < -0.4 is 9.47 Å². The van der Waals surface area contributed by atoms with E-state index in [4.69, 9.17) is 9.47 Å². The summed E-state index contributed by atoms with van der Waals surface area (Å²) in [5, 5.41) is 4.03. The third-order valence-electron chi connectivity index (χ3n) is 2.90. The minimum Gasteiger partial charge on any atom is -0.496 e. The molecule has 1 heterocycles. The summed E-state index contributed by atoms with van der Waals surface area (Å²) >= 11 is 1.11. The molecule has 0 saturated carbocycles. The van der Waals surface area contributed by atoms with Crippen LogP contribution in [0.25, 0.3) is 0 Å². The fourth-order valence-electron chi connectivity index (χ4n) is 1.97. The van der Waals surface area contributed by atoms with Gasteiger partial charge >= 0.3 is 0 Å². The Morgan fingerprint density at radius 1 is 1.25 bits per heavy atom. The van der Waals surface area contributed by atoms with Gasteiger partial charge in [0.25, 0.3) is 0 Å². The molecule has 0 aliphatic heterocycles. The maximum absolute atomic E-state index is 12.7. The minimum atomic E-state index is -0.155. The van der Waals surface area contributed by atoms with Crippen molar-refractivity contribution in [1.29, 1.82) is 0 Å². The van der Waals surface area contributed by atoms with Gasteiger partial charge in [-0.3, -0.25) is 4.79 Å². The second-order valence-electron chi connectivity index (χ2n) is 4.17. The molecule has 0 saturated heterocycles. The standard InChI is InChI=1S/C14H16N2O3S/c1-4-6-9-14(20-16-15-9)13(17)12-10(18-2)7-5-8-11(12)19-3/h5,7-8H,4,6H2,1-3H3. The van der Waals surface area contributed by atoms with Crippen LogP contribution in [0.5, 0.6) is 11.5 Å². The number of aromatic nitrogens is 2. The molecule has 0 unspecified atom stereocenters. The van der Waals surface area contributed by atoms with Crippen LogP contribution in [0.15, 0.2) is 18.2 Å². The molecular formula is C14H16N2O3S. The molecule has 0 spiro atoms. The van der Waals surface area contributed by atoms with Crippen LogP contribution >= 0.6 is 11.5 Å². The lowest BCUT2D eigenvalue weighted by molar-refractivity contribution is 0.103. The molecule has 0 aliphatic carbocycles. The first kappa shape index (κ1) is 14.5. The summed E-state index contributed by atoms with van der Waals surface area (Å²) in [7, 11) is 3.06. The number of carbonyl (C=O) groups is 1. The molecule has 0 fully saturated rings. The molecule has 6 heteroatoms. The lowest BCUT2D eigenvalue weighted by Crippen LogP contribution is -2.07. The van der Waals surface area contributed by atoms with E-state index in [0.717, 1.165) is 30.1 Å². The Kier molecular flexibility index (Phi) is 4.68. The van der Waals surface area contributed by atoms with Crippen molar-refractivity contribution in [3.63, 3.8) is 0 Å². The predicted octanol–water partition coefficient (Wildman–Crippen LogP) is 2.74. The van der Waals surface area contributed by atoms with Crippen molar-refractivity contribution in [2.45, 2.75) is 19.8 Å². The average molecular weight is 292 g/mol. The number of ketones is 1. The van der Waals surface area contributed by atoms with E-state index < -0.39 is 0 Å². The number of methoxy groups -OCH3 is 2. The normalized spacial score (nSPS) is 10.3. The number of ether oxygens (including phenoxy) is 2. The molecular weight excluding hydrogens is 276 g/mol. The van der Waals surface area contributed by atoms with E-state index in [1.54, 1.807) is 18.2 Å². The highest BCUT2D eigenvalue weighted by molar-refractivity contribution is 7.08. The number of carbonyl (C=O) groups excluding carboxylic acids is 1. The Morgan fingerprint density at radius 3 is 2.45 bits per heavy atom. The van der Waals surface area contributed by atoms with E-state index in [2.05, 4.69) is 9.59 Å². The Bertz CT molecular complexity index is 588. The zero-order valence-electron chi connectivity index (χ0n) is 11.7. The molecule has 2 aromatic rings. The molecule has 106 valence electrons.